The fourth-order valence-corrected chi connectivity index (χ4v) is 3.46. The Morgan fingerprint density at radius 1 is 1.24 bits per heavy atom. The van der Waals surface area contributed by atoms with Crippen molar-refractivity contribution in [3.8, 4) is 0 Å². The lowest BCUT2D eigenvalue weighted by Crippen LogP contribution is -2.26. The number of carbonyl (C=O) groups is 3. The second-order valence-corrected chi connectivity index (χ2v) is 7.81. The highest BCUT2D eigenvalue weighted by molar-refractivity contribution is 6.24. The van der Waals surface area contributed by atoms with Crippen molar-refractivity contribution in [1.82, 2.24) is 0 Å². The molecule has 1 fully saturated rings. The van der Waals surface area contributed by atoms with Gasteiger partial charge in [-0.2, -0.15) is 0 Å². The predicted octanol–water partition coefficient (Wildman–Crippen LogP) is 3.65. The van der Waals surface area contributed by atoms with E-state index in [0.29, 0.717) is 5.92 Å². The summed E-state index contributed by atoms with van der Waals surface area (Å²) in [4.78, 5) is 37.0. The molecule has 0 radical (unpaired) electrons. The van der Waals surface area contributed by atoms with E-state index in [2.05, 4.69) is 13.8 Å². The average Bonchev–Trinajstić information content (AvgIpc) is 3.20. The van der Waals surface area contributed by atoms with Crippen molar-refractivity contribution in [1.29, 1.82) is 0 Å². The molecule has 1 unspecified atom stereocenters. The molecule has 3 atom stereocenters. The number of hydrogen-bond donors (Lipinski definition) is 0. The van der Waals surface area contributed by atoms with Gasteiger partial charge in [0.25, 0.3) is 0 Å². The fourth-order valence-electron chi connectivity index (χ4n) is 3.46. The highest BCUT2D eigenvalue weighted by atomic mass is 16.6. The second kappa shape index (κ2) is 8.64. The standard InChI is InChI=1S/C23H26O6/c1-4-15(2)13-23(3)11-10-17(29-23)20-21(25)18(28-22(20)26)12-19(24)27-14-16-8-6-5-7-9-16/h5-11,15,18H,4,12-14H2,1-3H3/b20-17+/t15?,18-,23-/m1/s1. The summed E-state index contributed by atoms with van der Waals surface area (Å²) < 4.78 is 16.2. The molecule has 29 heavy (non-hydrogen) atoms. The minimum absolute atomic E-state index is 0.0995. The molecule has 0 aliphatic carbocycles. The van der Waals surface area contributed by atoms with Gasteiger partial charge in [0.1, 0.15) is 23.5 Å². The number of Topliss-reactive ketones (excluding diaryl/α,β-unsaturated/α-hetero) is 1. The van der Waals surface area contributed by atoms with E-state index < -0.39 is 29.4 Å². The molecule has 0 aromatic heterocycles. The lowest BCUT2D eigenvalue weighted by atomic mass is 9.92. The summed E-state index contributed by atoms with van der Waals surface area (Å²) in [5.74, 6) is -1.25. The summed E-state index contributed by atoms with van der Waals surface area (Å²) in [6.07, 6.45) is 3.80. The van der Waals surface area contributed by atoms with Crippen molar-refractivity contribution >= 4 is 17.7 Å². The van der Waals surface area contributed by atoms with E-state index in [1.807, 2.05) is 43.3 Å². The van der Waals surface area contributed by atoms with Crippen molar-refractivity contribution in [2.24, 2.45) is 5.92 Å². The van der Waals surface area contributed by atoms with Crippen LogP contribution < -0.4 is 0 Å². The Morgan fingerprint density at radius 3 is 2.66 bits per heavy atom. The van der Waals surface area contributed by atoms with Crippen LogP contribution in [0.15, 0.2) is 53.8 Å². The van der Waals surface area contributed by atoms with Crippen LogP contribution in [0.1, 0.15) is 45.6 Å². The number of rotatable bonds is 7. The monoisotopic (exact) mass is 398 g/mol. The maximum Gasteiger partial charge on any atom is 0.346 e. The molecule has 2 aliphatic heterocycles. The zero-order chi connectivity index (χ0) is 21.0. The van der Waals surface area contributed by atoms with Crippen LogP contribution in [0, 0.1) is 5.92 Å². The van der Waals surface area contributed by atoms with E-state index in [9.17, 15) is 14.4 Å². The lowest BCUT2D eigenvalue weighted by molar-refractivity contribution is -0.152. The Morgan fingerprint density at radius 2 is 1.97 bits per heavy atom. The predicted molar refractivity (Wildman–Crippen MR) is 105 cm³/mol. The molecule has 0 bridgehead atoms. The topological polar surface area (TPSA) is 78.9 Å². The summed E-state index contributed by atoms with van der Waals surface area (Å²) in [6.45, 7) is 6.25. The number of ether oxygens (including phenoxy) is 3. The minimum Gasteiger partial charge on any atom is -0.482 e. The largest absolute Gasteiger partial charge is 0.482 e. The molecular weight excluding hydrogens is 372 g/mol. The van der Waals surface area contributed by atoms with Crippen LogP contribution in [0.3, 0.4) is 0 Å². The number of carbonyl (C=O) groups excluding carboxylic acids is 3. The van der Waals surface area contributed by atoms with Crippen molar-refractivity contribution in [3.63, 3.8) is 0 Å². The highest BCUT2D eigenvalue weighted by Crippen LogP contribution is 2.36. The maximum absolute atomic E-state index is 12.7. The first kappa shape index (κ1) is 20.8. The van der Waals surface area contributed by atoms with Crippen molar-refractivity contribution in [2.75, 3.05) is 0 Å². The molecule has 0 saturated carbocycles. The number of esters is 2. The van der Waals surface area contributed by atoms with Crippen LogP contribution in [0.25, 0.3) is 0 Å². The van der Waals surface area contributed by atoms with Crippen LogP contribution in [0.4, 0.5) is 0 Å². The molecule has 0 N–H and O–H groups in total. The summed E-state index contributed by atoms with van der Waals surface area (Å²) in [6, 6.07) is 9.21. The van der Waals surface area contributed by atoms with E-state index in [-0.39, 0.29) is 24.4 Å². The Bertz CT molecular complexity index is 853. The number of ketones is 1. The van der Waals surface area contributed by atoms with Gasteiger partial charge in [-0.1, -0.05) is 50.6 Å². The van der Waals surface area contributed by atoms with Crippen LogP contribution in [-0.4, -0.2) is 29.4 Å². The minimum atomic E-state index is -1.17. The molecule has 6 nitrogen and oxygen atoms in total. The third kappa shape index (κ3) is 4.94. The summed E-state index contributed by atoms with van der Waals surface area (Å²) >= 11 is 0. The van der Waals surface area contributed by atoms with Crippen LogP contribution >= 0.6 is 0 Å². The Balaban J connectivity index is 1.62. The second-order valence-electron chi connectivity index (χ2n) is 7.81. The van der Waals surface area contributed by atoms with Gasteiger partial charge in [-0.25, -0.2) is 4.79 Å². The van der Waals surface area contributed by atoms with Gasteiger partial charge in [-0.15, -0.1) is 0 Å². The van der Waals surface area contributed by atoms with Crippen LogP contribution in [-0.2, 0) is 35.2 Å². The van der Waals surface area contributed by atoms with E-state index >= 15 is 0 Å². The summed E-state index contributed by atoms with van der Waals surface area (Å²) in [5.41, 5.74) is 0.142. The van der Waals surface area contributed by atoms with Crippen LogP contribution in [0.2, 0.25) is 0 Å². The zero-order valence-electron chi connectivity index (χ0n) is 17.0. The number of cyclic esters (lactones) is 1. The maximum atomic E-state index is 12.7. The molecule has 0 spiro atoms. The van der Waals surface area contributed by atoms with Gasteiger partial charge < -0.3 is 14.2 Å². The molecule has 3 rings (SSSR count). The quantitative estimate of drug-likeness (QED) is 0.396. The fraction of sp³-hybridized carbons (Fsp3) is 0.435. The highest BCUT2D eigenvalue weighted by Gasteiger charge is 2.44. The molecule has 1 saturated heterocycles. The Labute approximate surface area is 170 Å². The van der Waals surface area contributed by atoms with E-state index in [1.165, 1.54) is 0 Å². The molecule has 6 heteroatoms. The third-order valence-electron chi connectivity index (χ3n) is 5.21. The molecule has 2 heterocycles. The smallest absolute Gasteiger partial charge is 0.346 e. The van der Waals surface area contributed by atoms with E-state index in [0.717, 1.165) is 18.4 Å². The van der Waals surface area contributed by atoms with Gasteiger partial charge >= 0.3 is 11.9 Å². The summed E-state index contributed by atoms with van der Waals surface area (Å²) in [7, 11) is 0. The van der Waals surface area contributed by atoms with Gasteiger partial charge in [-0.3, -0.25) is 9.59 Å². The first-order chi connectivity index (χ1) is 13.8. The molecule has 1 aromatic carbocycles. The van der Waals surface area contributed by atoms with Gasteiger partial charge in [0.15, 0.2) is 6.10 Å². The first-order valence-electron chi connectivity index (χ1n) is 9.88. The number of hydrogen-bond acceptors (Lipinski definition) is 6. The van der Waals surface area contributed by atoms with Gasteiger partial charge in [0.2, 0.25) is 5.78 Å². The number of benzene rings is 1. The average molecular weight is 398 g/mol. The van der Waals surface area contributed by atoms with Crippen molar-refractivity contribution < 1.29 is 28.6 Å². The third-order valence-corrected chi connectivity index (χ3v) is 5.21. The molecule has 0 amide bonds. The molecule has 1 aromatic rings. The van der Waals surface area contributed by atoms with Crippen molar-refractivity contribution in [2.45, 2.75) is 58.3 Å². The molecule has 154 valence electrons. The molecular formula is C23H26O6. The van der Waals surface area contributed by atoms with E-state index in [1.54, 1.807) is 6.08 Å². The van der Waals surface area contributed by atoms with E-state index in [4.69, 9.17) is 14.2 Å². The normalized spacial score (nSPS) is 26.9. The van der Waals surface area contributed by atoms with Gasteiger partial charge in [0.05, 0.1) is 6.42 Å². The van der Waals surface area contributed by atoms with Crippen molar-refractivity contribution in [3.05, 3.63) is 59.4 Å². The Hall–Kier alpha value is -2.89. The number of allylic oxidation sites excluding steroid dienone is 1. The SMILES string of the molecule is CCC(C)C[C@@]1(C)C=C/C(=C2\C(=O)O[C@H](CC(=O)OCc3ccccc3)C2=O)O1. The lowest BCUT2D eigenvalue weighted by Gasteiger charge is -2.26. The molecule has 2 aliphatic rings. The Kier molecular flexibility index (Phi) is 6.20. The van der Waals surface area contributed by atoms with Gasteiger partial charge in [0, 0.05) is 0 Å². The van der Waals surface area contributed by atoms with Crippen LogP contribution in [0.5, 0.6) is 0 Å². The summed E-state index contributed by atoms with van der Waals surface area (Å²) in [5, 5.41) is 0. The first-order valence-corrected chi connectivity index (χ1v) is 9.88. The zero-order valence-corrected chi connectivity index (χ0v) is 17.0. The van der Waals surface area contributed by atoms with Gasteiger partial charge in [-0.05, 0) is 37.0 Å².